The summed E-state index contributed by atoms with van der Waals surface area (Å²) in [5.41, 5.74) is 2.18. The predicted octanol–water partition coefficient (Wildman–Crippen LogP) is 3.17. The summed E-state index contributed by atoms with van der Waals surface area (Å²) in [7, 11) is -1.85. The molecule has 0 aromatic heterocycles. The molecule has 0 saturated heterocycles. The first-order valence-electron chi connectivity index (χ1n) is 6.45. The number of hydrogen-bond acceptors (Lipinski definition) is 3. The number of hydrogen-bond donors (Lipinski definition) is 2. The van der Waals surface area contributed by atoms with E-state index in [4.69, 9.17) is 11.6 Å². The van der Waals surface area contributed by atoms with Crippen molar-refractivity contribution in [3.05, 3.63) is 58.6 Å². The molecule has 2 aromatic rings. The Morgan fingerprint density at radius 2 is 1.86 bits per heavy atom. The van der Waals surface area contributed by atoms with Crippen LogP contribution in [0.4, 0.5) is 5.69 Å². The normalized spacial score (nSPS) is 11.4. The van der Waals surface area contributed by atoms with E-state index in [1.807, 2.05) is 19.1 Å². The number of anilines is 1. The van der Waals surface area contributed by atoms with Gasteiger partial charge in [0.1, 0.15) is 0 Å². The average Bonchev–Trinajstić information content (AvgIpc) is 2.44. The molecule has 0 unspecified atom stereocenters. The van der Waals surface area contributed by atoms with E-state index < -0.39 is 10.0 Å². The van der Waals surface area contributed by atoms with Crippen molar-refractivity contribution in [2.24, 2.45) is 0 Å². The summed E-state index contributed by atoms with van der Waals surface area (Å²) in [6.07, 6.45) is 0. The smallest absolute Gasteiger partial charge is 0.261 e. The second-order valence-electron chi connectivity index (χ2n) is 4.70. The highest BCUT2D eigenvalue weighted by Crippen LogP contribution is 2.23. The zero-order chi connectivity index (χ0) is 15.5. The summed E-state index contributed by atoms with van der Waals surface area (Å²) in [6.45, 7) is 2.36. The first kappa shape index (κ1) is 15.8. The summed E-state index contributed by atoms with van der Waals surface area (Å²) in [6, 6.07) is 11.9. The van der Waals surface area contributed by atoms with E-state index in [0.29, 0.717) is 17.3 Å². The fourth-order valence-corrected chi connectivity index (χ4v) is 3.30. The zero-order valence-electron chi connectivity index (χ0n) is 11.9. The molecule has 21 heavy (non-hydrogen) atoms. The molecule has 2 N–H and O–H groups in total. The molecule has 112 valence electrons. The highest BCUT2D eigenvalue weighted by Gasteiger charge is 2.16. The molecule has 2 rings (SSSR count). The lowest BCUT2D eigenvalue weighted by Gasteiger charge is -2.12. The van der Waals surface area contributed by atoms with Gasteiger partial charge in [-0.05, 0) is 49.4 Å². The van der Waals surface area contributed by atoms with Crippen molar-refractivity contribution in [1.29, 1.82) is 0 Å². The molecule has 0 amide bonds. The van der Waals surface area contributed by atoms with Gasteiger partial charge in [0.05, 0.1) is 10.6 Å². The van der Waals surface area contributed by atoms with Gasteiger partial charge in [0.15, 0.2) is 0 Å². The molecule has 0 heterocycles. The largest absolute Gasteiger partial charge is 0.316 e. The van der Waals surface area contributed by atoms with Crippen molar-refractivity contribution in [3.8, 4) is 0 Å². The number of nitrogens with one attached hydrogen (secondary N) is 2. The van der Waals surface area contributed by atoms with Gasteiger partial charge in [-0.1, -0.05) is 29.8 Å². The predicted molar refractivity (Wildman–Crippen MR) is 86.2 cm³/mol. The second-order valence-corrected chi connectivity index (χ2v) is 6.79. The fourth-order valence-electron chi connectivity index (χ4n) is 1.94. The van der Waals surface area contributed by atoms with Crippen molar-refractivity contribution < 1.29 is 8.42 Å². The lowest BCUT2D eigenvalue weighted by Crippen LogP contribution is -2.15. The summed E-state index contributed by atoms with van der Waals surface area (Å²) in [5.74, 6) is 0. The third-order valence-electron chi connectivity index (χ3n) is 3.08. The van der Waals surface area contributed by atoms with Crippen LogP contribution in [0.2, 0.25) is 5.02 Å². The molecule has 4 nitrogen and oxygen atoms in total. The molecule has 2 aromatic carbocycles. The van der Waals surface area contributed by atoms with Crippen LogP contribution in [-0.2, 0) is 16.6 Å². The highest BCUT2D eigenvalue weighted by molar-refractivity contribution is 7.92. The quantitative estimate of drug-likeness (QED) is 0.888. The Labute approximate surface area is 130 Å². The van der Waals surface area contributed by atoms with Crippen molar-refractivity contribution >= 4 is 27.3 Å². The Hall–Kier alpha value is -1.56. The minimum Gasteiger partial charge on any atom is -0.316 e. The number of rotatable bonds is 5. The Morgan fingerprint density at radius 1 is 1.14 bits per heavy atom. The van der Waals surface area contributed by atoms with Crippen LogP contribution in [0.25, 0.3) is 0 Å². The molecule has 0 saturated carbocycles. The van der Waals surface area contributed by atoms with Crippen LogP contribution in [0.15, 0.2) is 47.4 Å². The van der Waals surface area contributed by atoms with E-state index in [2.05, 4.69) is 10.0 Å². The maximum Gasteiger partial charge on any atom is 0.261 e. The molecular weight excluding hydrogens is 308 g/mol. The third-order valence-corrected chi connectivity index (χ3v) is 4.82. The van der Waals surface area contributed by atoms with Gasteiger partial charge < -0.3 is 5.32 Å². The zero-order valence-corrected chi connectivity index (χ0v) is 13.4. The molecule has 0 aliphatic rings. The van der Waals surface area contributed by atoms with Gasteiger partial charge in [-0.15, -0.1) is 0 Å². The molecule has 0 bridgehead atoms. The van der Waals surface area contributed by atoms with E-state index >= 15 is 0 Å². The Bertz CT molecular complexity index is 745. The summed E-state index contributed by atoms with van der Waals surface area (Å²) >= 11 is 6.06. The van der Waals surface area contributed by atoms with Crippen LogP contribution in [0.5, 0.6) is 0 Å². The Kier molecular flexibility index (Phi) is 4.88. The number of benzene rings is 2. The van der Waals surface area contributed by atoms with Gasteiger partial charge in [0, 0.05) is 11.6 Å². The molecule has 0 aliphatic heterocycles. The third kappa shape index (κ3) is 3.75. The summed E-state index contributed by atoms with van der Waals surface area (Å²) < 4.78 is 27.5. The van der Waals surface area contributed by atoms with E-state index in [1.54, 1.807) is 31.3 Å². The van der Waals surface area contributed by atoms with Crippen LogP contribution in [0.1, 0.15) is 11.1 Å². The standard InChI is InChI=1S/C15H17ClN2O2S/c1-11-5-3-4-6-15(11)18-21(19,20)13-7-8-14(16)12(9-13)10-17-2/h3-9,17-18H,10H2,1-2H3. The summed E-state index contributed by atoms with van der Waals surface area (Å²) in [4.78, 5) is 0.195. The van der Waals surface area contributed by atoms with Gasteiger partial charge in [0.2, 0.25) is 0 Å². The fraction of sp³-hybridized carbons (Fsp3) is 0.200. The van der Waals surface area contributed by atoms with Crippen molar-refractivity contribution in [2.75, 3.05) is 11.8 Å². The van der Waals surface area contributed by atoms with Crippen LogP contribution < -0.4 is 10.0 Å². The van der Waals surface area contributed by atoms with Crippen molar-refractivity contribution in [3.63, 3.8) is 0 Å². The number of halogens is 1. The monoisotopic (exact) mass is 324 g/mol. The first-order chi connectivity index (χ1) is 9.94. The van der Waals surface area contributed by atoms with Gasteiger partial charge >= 0.3 is 0 Å². The lowest BCUT2D eigenvalue weighted by molar-refractivity contribution is 0.601. The van der Waals surface area contributed by atoms with Crippen molar-refractivity contribution in [2.45, 2.75) is 18.4 Å². The average molecular weight is 325 g/mol. The Balaban J connectivity index is 2.36. The van der Waals surface area contributed by atoms with Crippen LogP contribution in [0.3, 0.4) is 0 Å². The summed E-state index contributed by atoms with van der Waals surface area (Å²) in [5, 5.41) is 3.50. The minimum absolute atomic E-state index is 0.195. The highest BCUT2D eigenvalue weighted by atomic mass is 35.5. The molecular formula is C15H17ClN2O2S. The van der Waals surface area contributed by atoms with Crippen LogP contribution >= 0.6 is 11.6 Å². The van der Waals surface area contributed by atoms with E-state index in [0.717, 1.165) is 11.1 Å². The van der Waals surface area contributed by atoms with Gasteiger partial charge in [-0.2, -0.15) is 0 Å². The van der Waals surface area contributed by atoms with Gasteiger partial charge in [-0.3, -0.25) is 4.72 Å². The van der Waals surface area contributed by atoms with Crippen LogP contribution in [-0.4, -0.2) is 15.5 Å². The molecule has 0 spiro atoms. The van der Waals surface area contributed by atoms with E-state index in [9.17, 15) is 8.42 Å². The molecule has 0 radical (unpaired) electrons. The van der Waals surface area contributed by atoms with Gasteiger partial charge in [-0.25, -0.2) is 8.42 Å². The molecule has 6 heteroatoms. The van der Waals surface area contributed by atoms with Crippen molar-refractivity contribution in [1.82, 2.24) is 5.32 Å². The maximum absolute atomic E-state index is 12.4. The number of para-hydroxylation sites is 1. The minimum atomic E-state index is -3.63. The lowest BCUT2D eigenvalue weighted by atomic mass is 10.2. The maximum atomic E-state index is 12.4. The Morgan fingerprint density at radius 3 is 2.52 bits per heavy atom. The molecule has 0 atom stereocenters. The van der Waals surface area contributed by atoms with Crippen LogP contribution in [0, 0.1) is 6.92 Å². The number of sulfonamides is 1. The topological polar surface area (TPSA) is 58.2 Å². The first-order valence-corrected chi connectivity index (χ1v) is 8.31. The number of aryl methyl sites for hydroxylation is 1. The van der Waals surface area contributed by atoms with E-state index in [1.165, 1.54) is 6.07 Å². The van der Waals surface area contributed by atoms with E-state index in [-0.39, 0.29) is 4.90 Å². The SMILES string of the molecule is CNCc1cc(S(=O)(=O)Nc2ccccc2C)ccc1Cl. The molecule has 0 aliphatic carbocycles. The van der Waals surface area contributed by atoms with Gasteiger partial charge in [0.25, 0.3) is 10.0 Å². The second kappa shape index (κ2) is 6.47. The molecule has 0 fully saturated rings.